The molecule has 2 N–H and O–H groups in total. The minimum Gasteiger partial charge on any atom is -0.384 e. The lowest BCUT2D eigenvalue weighted by molar-refractivity contribution is 0.185. The van der Waals surface area contributed by atoms with Crippen LogP contribution < -0.4 is 10.6 Å². The zero-order valence-electron chi connectivity index (χ0n) is 12.9. The number of hydrogen-bond acceptors (Lipinski definition) is 6. The van der Waals surface area contributed by atoms with Gasteiger partial charge in [-0.05, 0) is 18.9 Å². The molecule has 0 saturated carbocycles. The number of imidazole rings is 1. The van der Waals surface area contributed by atoms with Crippen molar-refractivity contribution in [3.05, 3.63) is 30.5 Å². The average molecular weight is 302 g/mol. The van der Waals surface area contributed by atoms with Crippen molar-refractivity contribution in [3.8, 4) is 0 Å². The van der Waals surface area contributed by atoms with Crippen molar-refractivity contribution in [3.63, 3.8) is 0 Å². The maximum Gasteiger partial charge on any atom is 0.227 e. The molecule has 1 atom stereocenters. The monoisotopic (exact) mass is 302 g/mol. The lowest BCUT2D eigenvalue weighted by Crippen LogP contribution is -2.36. The van der Waals surface area contributed by atoms with Gasteiger partial charge in [0.2, 0.25) is 5.95 Å². The van der Waals surface area contributed by atoms with E-state index in [-0.39, 0.29) is 0 Å². The molecule has 1 aliphatic heterocycles. The number of hydrogen-bond donors (Lipinski definition) is 1. The van der Waals surface area contributed by atoms with Crippen molar-refractivity contribution in [1.29, 1.82) is 0 Å². The molecule has 3 rings (SSSR count). The van der Waals surface area contributed by atoms with E-state index >= 15 is 0 Å². The molecule has 22 heavy (non-hydrogen) atoms. The molecule has 0 radical (unpaired) electrons. The second-order valence-electron chi connectivity index (χ2n) is 5.54. The number of piperidine rings is 1. The minimum atomic E-state index is 0.380. The molecule has 2 aromatic heterocycles. The van der Waals surface area contributed by atoms with Crippen LogP contribution in [0.5, 0.6) is 0 Å². The maximum atomic E-state index is 5.77. The highest BCUT2D eigenvalue weighted by molar-refractivity contribution is 5.38. The molecule has 0 unspecified atom stereocenters. The highest BCUT2D eigenvalue weighted by Gasteiger charge is 2.26. The smallest absolute Gasteiger partial charge is 0.227 e. The Labute approximate surface area is 130 Å². The van der Waals surface area contributed by atoms with Gasteiger partial charge in [0.1, 0.15) is 11.6 Å². The number of anilines is 2. The first-order valence-electron chi connectivity index (χ1n) is 7.61. The van der Waals surface area contributed by atoms with E-state index in [0.29, 0.717) is 24.3 Å². The van der Waals surface area contributed by atoms with E-state index in [1.54, 1.807) is 19.4 Å². The average Bonchev–Trinajstić information content (AvgIpc) is 3.01. The van der Waals surface area contributed by atoms with Gasteiger partial charge in [0, 0.05) is 51.3 Å². The molecule has 118 valence electrons. The SMILES string of the molecule is COCCn1ccnc1[C@H]1CCCN(c2nccc(N)n2)C1. The van der Waals surface area contributed by atoms with Crippen molar-refractivity contribution < 1.29 is 4.74 Å². The summed E-state index contributed by atoms with van der Waals surface area (Å²) in [6.45, 7) is 3.35. The largest absolute Gasteiger partial charge is 0.384 e. The normalized spacial score (nSPS) is 18.6. The fourth-order valence-electron chi connectivity index (χ4n) is 2.94. The van der Waals surface area contributed by atoms with E-state index in [9.17, 15) is 0 Å². The molecule has 7 heteroatoms. The Balaban J connectivity index is 1.74. The van der Waals surface area contributed by atoms with E-state index in [1.807, 2.05) is 12.4 Å². The van der Waals surface area contributed by atoms with Gasteiger partial charge in [-0.15, -0.1) is 0 Å². The van der Waals surface area contributed by atoms with Crippen molar-refractivity contribution in [2.24, 2.45) is 0 Å². The van der Waals surface area contributed by atoms with E-state index in [4.69, 9.17) is 10.5 Å². The summed E-state index contributed by atoms with van der Waals surface area (Å²) >= 11 is 0. The minimum absolute atomic E-state index is 0.380. The van der Waals surface area contributed by atoms with Gasteiger partial charge < -0.3 is 19.9 Å². The molecular weight excluding hydrogens is 280 g/mol. The Morgan fingerprint density at radius 2 is 2.27 bits per heavy atom. The van der Waals surface area contributed by atoms with Crippen LogP contribution in [0.15, 0.2) is 24.7 Å². The molecule has 1 saturated heterocycles. The summed E-state index contributed by atoms with van der Waals surface area (Å²) in [5.41, 5.74) is 5.77. The van der Waals surface area contributed by atoms with Gasteiger partial charge in [-0.1, -0.05) is 0 Å². The Hall–Kier alpha value is -2.15. The second kappa shape index (κ2) is 6.74. The third kappa shape index (κ3) is 3.19. The van der Waals surface area contributed by atoms with Crippen LogP contribution in [0.1, 0.15) is 24.6 Å². The third-order valence-corrected chi connectivity index (χ3v) is 4.02. The molecule has 1 aliphatic rings. The molecule has 0 aliphatic carbocycles. The Morgan fingerprint density at radius 1 is 1.36 bits per heavy atom. The number of methoxy groups -OCH3 is 1. The van der Waals surface area contributed by atoms with E-state index in [0.717, 1.165) is 38.3 Å². The standard InChI is InChI=1S/C15H22N6O/c1-22-10-9-20-8-6-17-14(20)12-3-2-7-21(11-12)15-18-5-4-13(16)19-15/h4-6,8,12H,2-3,7,9-11H2,1H3,(H2,16,18,19)/t12-/m0/s1. The van der Waals surface area contributed by atoms with Gasteiger partial charge in [0.25, 0.3) is 0 Å². The summed E-state index contributed by atoms with van der Waals surface area (Å²) in [7, 11) is 1.72. The Morgan fingerprint density at radius 3 is 3.09 bits per heavy atom. The van der Waals surface area contributed by atoms with Crippen LogP contribution in [0, 0.1) is 0 Å². The number of ether oxygens (including phenoxy) is 1. The van der Waals surface area contributed by atoms with Gasteiger partial charge in [0.15, 0.2) is 0 Å². The predicted octanol–water partition coefficient (Wildman–Crippen LogP) is 1.29. The van der Waals surface area contributed by atoms with Gasteiger partial charge in [-0.2, -0.15) is 4.98 Å². The van der Waals surface area contributed by atoms with Crippen LogP contribution in [0.3, 0.4) is 0 Å². The summed E-state index contributed by atoms with van der Waals surface area (Å²) in [5, 5.41) is 0. The zero-order valence-corrected chi connectivity index (χ0v) is 12.9. The molecule has 7 nitrogen and oxygen atoms in total. The van der Waals surface area contributed by atoms with Crippen LogP contribution >= 0.6 is 0 Å². The van der Waals surface area contributed by atoms with Crippen molar-refractivity contribution in [1.82, 2.24) is 19.5 Å². The summed E-state index contributed by atoms with van der Waals surface area (Å²) in [5.74, 6) is 2.71. The van der Waals surface area contributed by atoms with Gasteiger partial charge in [-0.25, -0.2) is 9.97 Å². The summed E-state index contributed by atoms with van der Waals surface area (Å²) in [6, 6.07) is 1.71. The molecule has 0 aromatic carbocycles. The zero-order chi connectivity index (χ0) is 15.4. The number of nitrogens with two attached hydrogens (primary N) is 1. The Bertz CT molecular complexity index is 614. The van der Waals surface area contributed by atoms with E-state index < -0.39 is 0 Å². The molecule has 0 bridgehead atoms. The molecule has 1 fully saturated rings. The van der Waals surface area contributed by atoms with Crippen LogP contribution in [0.25, 0.3) is 0 Å². The fourth-order valence-corrected chi connectivity index (χ4v) is 2.94. The topological polar surface area (TPSA) is 82.1 Å². The second-order valence-corrected chi connectivity index (χ2v) is 5.54. The van der Waals surface area contributed by atoms with Gasteiger partial charge in [-0.3, -0.25) is 0 Å². The lowest BCUT2D eigenvalue weighted by atomic mass is 9.97. The summed E-state index contributed by atoms with van der Waals surface area (Å²) < 4.78 is 7.35. The van der Waals surface area contributed by atoms with Crippen LogP contribution in [0.4, 0.5) is 11.8 Å². The quantitative estimate of drug-likeness (QED) is 0.896. The number of nitrogens with zero attached hydrogens (tertiary/aromatic N) is 5. The number of aromatic nitrogens is 4. The maximum absolute atomic E-state index is 5.77. The van der Waals surface area contributed by atoms with Crippen molar-refractivity contribution in [2.75, 3.05) is 37.4 Å². The lowest BCUT2D eigenvalue weighted by Gasteiger charge is -2.32. The fraction of sp³-hybridized carbons (Fsp3) is 0.533. The van der Waals surface area contributed by atoms with E-state index in [2.05, 4.69) is 24.4 Å². The van der Waals surface area contributed by atoms with Crippen molar-refractivity contribution in [2.45, 2.75) is 25.3 Å². The highest BCUT2D eigenvalue weighted by Crippen LogP contribution is 2.27. The molecule has 2 aromatic rings. The van der Waals surface area contributed by atoms with Crippen LogP contribution in [0.2, 0.25) is 0 Å². The Kier molecular flexibility index (Phi) is 4.53. The number of rotatable bonds is 5. The van der Waals surface area contributed by atoms with Crippen molar-refractivity contribution >= 4 is 11.8 Å². The molecular formula is C15H22N6O. The summed E-state index contributed by atoms with van der Waals surface area (Å²) in [6.07, 6.45) is 7.81. The molecule has 0 spiro atoms. The number of nitrogen functional groups attached to an aromatic ring is 1. The molecule has 3 heterocycles. The van der Waals surface area contributed by atoms with Crippen LogP contribution in [-0.4, -0.2) is 46.3 Å². The third-order valence-electron chi connectivity index (χ3n) is 4.02. The van der Waals surface area contributed by atoms with Gasteiger partial charge in [0.05, 0.1) is 6.61 Å². The summed E-state index contributed by atoms with van der Waals surface area (Å²) in [4.78, 5) is 15.4. The molecule has 0 amide bonds. The predicted molar refractivity (Wildman–Crippen MR) is 84.7 cm³/mol. The first-order valence-corrected chi connectivity index (χ1v) is 7.61. The van der Waals surface area contributed by atoms with E-state index in [1.165, 1.54) is 0 Å². The van der Waals surface area contributed by atoms with Gasteiger partial charge >= 0.3 is 0 Å². The van der Waals surface area contributed by atoms with Crippen LogP contribution in [-0.2, 0) is 11.3 Å². The first-order chi connectivity index (χ1) is 10.8. The first kappa shape index (κ1) is 14.8. The highest BCUT2D eigenvalue weighted by atomic mass is 16.5.